The second-order valence-electron chi connectivity index (χ2n) is 9.10. The van der Waals surface area contributed by atoms with Crippen molar-refractivity contribution in [2.45, 2.75) is 41.5 Å². The first-order chi connectivity index (χ1) is 16.7. The highest BCUT2D eigenvalue weighted by Gasteiger charge is 2.42. The summed E-state index contributed by atoms with van der Waals surface area (Å²) in [6, 6.07) is 13.7. The Kier molecular flexibility index (Phi) is 6.22. The number of benzene rings is 1. The Morgan fingerprint density at radius 2 is 1.66 bits per heavy atom. The molecule has 0 amide bonds. The van der Waals surface area contributed by atoms with Crippen LogP contribution in [0.2, 0.25) is 0 Å². The first-order valence-electron chi connectivity index (χ1n) is 11.3. The molecule has 7 nitrogen and oxygen atoms in total. The predicted molar refractivity (Wildman–Crippen MR) is 122 cm³/mol. The summed E-state index contributed by atoms with van der Waals surface area (Å²) in [5.41, 5.74) is -0.608. The molecule has 0 radical (unpaired) electrons. The number of sulfone groups is 1. The van der Waals surface area contributed by atoms with Crippen molar-refractivity contribution in [3.63, 3.8) is 0 Å². The molecule has 1 aliphatic heterocycles. The van der Waals surface area contributed by atoms with Crippen LogP contribution in [-0.4, -0.2) is 47.6 Å². The number of fused-ring (bicyclic) bond motifs is 1. The molecule has 1 N–H and O–H groups in total. The summed E-state index contributed by atoms with van der Waals surface area (Å²) in [5.74, 6) is 1.25. The van der Waals surface area contributed by atoms with Crippen molar-refractivity contribution in [3.05, 3.63) is 72.1 Å². The minimum atomic E-state index is -4.41. The van der Waals surface area contributed by atoms with E-state index in [-0.39, 0.29) is 28.2 Å². The molecule has 35 heavy (non-hydrogen) atoms. The molecular formula is C24H24F3N5O2S. The Hall–Kier alpha value is -3.05. The summed E-state index contributed by atoms with van der Waals surface area (Å²) in [7, 11) is -3.72. The van der Waals surface area contributed by atoms with E-state index in [2.05, 4.69) is 20.5 Å². The molecule has 0 spiro atoms. The van der Waals surface area contributed by atoms with Gasteiger partial charge in [0.15, 0.2) is 5.03 Å². The maximum absolute atomic E-state index is 13.3. The fraction of sp³-hybridized carbons (Fsp3) is 0.375. The second kappa shape index (κ2) is 9.19. The molecule has 2 aliphatic rings. The molecule has 3 heterocycles. The molecule has 1 aromatic carbocycles. The van der Waals surface area contributed by atoms with Gasteiger partial charge in [0.2, 0.25) is 9.84 Å². The number of halogens is 3. The van der Waals surface area contributed by atoms with Crippen LogP contribution in [0.15, 0.2) is 70.7 Å². The monoisotopic (exact) mass is 503 g/mol. The molecular weight excluding hydrogens is 479 g/mol. The van der Waals surface area contributed by atoms with Crippen molar-refractivity contribution in [2.75, 3.05) is 18.4 Å². The van der Waals surface area contributed by atoms with Gasteiger partial charge in [-0.05, 0) is 61.1 Å². The zero-order chi connectivity index (χ0) is 24.6. The number of rotatable bonds is 6. The second-order valence-corrected chi connectivity index (χ2v) is 11.0. The van der Waals surface area contributed by atoms with Crippen LogP contribution in [0.3, 0.4) is 0 Å². The van der Waals surface area contributed by atoms with Gasteiger partial charge in [0.1, 0.15) is 5.82 Å². The molecule has 2 atom stereocenters. The van der Waals surface area contributed by atoms with Crippen LogP contribution in [0.25, 0.3) is 0 Å². The van der Waals surface area contributed by atoms with E-state index in [1.165, 1.54) is 30.5 Å². The first kappa shape index (κ1) is 23.7. The van der Waals surface area contributed by atoms with E-state index in [0.717, 1.165) is 32.0 Å². The van der Waals surface area contributed by atoms with Crippen LogP contribution in [-0.2, 0) is 22.6 Å². The van der Waals surface area contributed by atoms with Gasteiger partial charge in [0.05, 0.1) is 16.2 Å². The maximum Gasteiger partial charge on any atom is 0.418 e. The fourth-order valence-corrected chi connectivity index (χ4v) is 6.30. The molecule has 2 fully saturated rings. The number of nitrogens with one attached hydrogen (secondary N) is 1. The number of alkyl halides is 3. The summed E-state index contributed by atoms with van der Waals surface area (Å²) in [4.78, 5) is 6.20. The topological polar surface area (TPSA) is 88.1 Å². The van der Waals surface area contributed by atoms with E-state index in [0.29, 0.717) is 17.7 Å². The Labute approximate surface area is 201 Å². The van der Waals surface area contributed by atoms with Gasteiger partial charge in [0.25, 0.3) is 0 Å². The molecule has 2 aromatic heterocycles. The zero-order valence-corrected chi connectivity index (χ0v) is 19.5. The Bertz CT molecular complexity index is 1270. The van der Waals surface area contributed by atoms with Gasteiger partial charge >= 0.3 is 6.18 Å². The Balaban J connectivity index is 1.18. The zero-order valence-electron chi connectivity index (χ0n) is 18.7. The smallest absolute Gasteiger partial charge is 0.366 e. The number of nitrogens with zero attached hydrogens (tertiary/aromatic N) is 4. The number of likely N-dealkylation sites (tertiary alicyclic amines) is 1. The number of pyridine rings is 1. The third-order valence-corrected chi connectivity index (χ3v) is 8.38. The maximum atomic E-state index is 13.3. The standard InChI is InChI=1S/C24H24F3N5O2S/c25-24(26,27)20-7-4-10-28-21(20)15-32-13-16-11-18(12-17(16)14-32)29-22-8-9-23(31-30-22)35(33,34)19-5-2-1-3-6-19/h1-10,16-18H,11-15H2,(H,29,30)/t16-,17-/m1/s1. The van der Waals surface area contributed by atoms with E-state index in [9.17, 15) is 21.6 Å². The lowest BCUT2D eigenvalue weighted by Crippen LogP contribution is -2.26. The minimum Gasteiger partial charge on any atom is -0.366 e. The van der Waals surface area contributed by atoms with Gasteiger partial charge in [-0.25, -0.2) is 8.42 Å². The van der Waals surface area contributed by atoms with Gasteiger partial charge in [-0.15, -0.1) is 10.2 Å². The molecule has 184 valence electrons. The van der Waals surface area contributed by atoms with Crippen molar-refractivity contribution < 1.29 is 21.6 Å². The number of aromatic nitrogens is 3. The average molecular weight is 504 g/mol. The van der Waals surface area contributed by atoms with Crippen molar-refractivity contribution in [3.8, 4) is 0 Å². The number of hydrogen-bond donors (Lipinski definition) is 1. The molecule has 5 rings (SSSR count). The largest absolute Gasteiger partial charge is 0.418 e. The van der Waals surface area contributed by atoms with Crippen LogP contribution >= 0.6 is 0 Å². The van der Waals surface area contributed by atoms with Crippen LogP contribution in [0.1, 0.15) is 24.1 Å². The number of anilines is 1. The molecule has 3 aromatic rings. The SMILES string of the molecule is O=S(=O)(c1ccccc1)c1ccc(NC2C[C@@H]3CN(Cc4ncccc4C(F)(F)F)C[C@H]3C2)nn1. The third kappa shape index (κ3) is 5.01. The molecule has 0 bridgehead atoms. The highest BCUT2D eigenvalue weighted by Crippen LogP contribution is 2.40. The summed E-state index contributed by atoms with van der Waals surface area (Å²) in [6.45, 7) is 1.62. The van der Waals surface area contributed by atoms with Crippen molar-refractivity contribution >= 4 is 15.7 Å². The van der Waals surface area contributed by atoms with Crippen LogP contribution in [0, 0.1) is 11.8 Å². The van der Waals surface area contributed by atoms with E-state index in [1.807, 2.05) is 4.90 Å². The summed E-state index contributed by atoms with van der Waals surface area (Å²) >= 11 is 0. The molecule has 0 unspecified atom stereocenters. The Morgan fingerprint density at radius 1 is 0.943 bits per heavy atom. The normalized spacial score (nSPS) is 21.2. The first-order valence-corrected chi connectivity index (χ1v) is 12.8. The lowest BCUT2D eigenvalue weighted by Gasteiger charge is -2.21. The molecule has 1 saturated heterocycles. The van der Waals surface area contributed by atoms with Gasteiger partial charge < -0.3 is 5.32 Å². The van der Waals surface area contributed by atoms with Gasteiger partial charge in [-0.2, -0.15) is 13.2 Å². The molecule has 1 aliphatic carbocycles. The summed E-state index contributed by atoms with van der Waals surface area (Å²) < 4.78 is 65.2. The third-order valence-electron chi connectivity index (χ3n) is 6.72. The van der Waals surface area contributed by atoms with Crippen molar-refractivity contribution in [1.29, 1.82) is 0 Å². The van der Waals surface area contributed by atoms with Crippen molar-refractivity contribution in [2.24, 2.45) is 11.8 Å². The van der Waals surface area contributed by atoms with Crippen molar-refractivity contribution in [1.82, 2.24) is 20.1 Å². The van der Waals surface area contributed by atoms with Crippen LogP contribution in [0.4, 0.5) is 19.0 Å². The van der Waals surface area contributed by atoms with E-state index in [1.54, 1.807) is 24.3 Å². The van der Waals surface area contributed by atoms with Gasteiger partial charge in [-0.1, -0.05) is 18.2 Å². The molecule has 1 saturated carbocycles. The highest BCUT2D eigenvalue weighted by atomic mass is 32.2. The molecule has 11 heteroatoms. The van der Waals surface area contributed by atoms with E-state index < -0.39 is 21.6 Å². The van der Waals surface area contributed by atoms with Gasteiger partial charge in [-0.3, -0.25) is 9.88 Å². The summed E-state index contributed by atoms with van der Waals surface area (Å²) in [5, 5.41) is 11.2. The minimum absolute atomic E-state index is 0.0652. The number of hydrogen-bond acceptors (Lipinski definition) is 7. The Morgan fingerprint density at radius 3 is 2.29 bits per heavy atom. The summed E-state index contributed by atoms with van der Waals surface area (Å²) in [6.07, 6.45) is -1.29. The fourth-order valence-electron chi connectivity index (χ4n) is 5.15. The average Bonchev–Trinajstić information content (AvgIpc) is 3.37. The van der Waals surface area contributed by atoms with E-state index in [4.69, 9.17) is 0 Å². The van der Waals surface area contributed by atoms with Crippen LogP contribution in [0.5, 0.6) is 0 Å². The van der Waals surface area contributed by atoms with E-state index >= 15 is 0 Å². The predicted octanol–water partition coefficient (Wildman–Crippen LogP) is 4.05. The highest BCUT2D eigenvalue weighted by molar-refractivity contribution is 7.91. The lowest BCUT2D eigenvalue weighted by molar-refractivity contribution is -0.138. The lowest BCUT2D eigenvalue weighted by atomic mass is 10.0. The quantitative estimate of drug-likeness (QED) is 0.543. The van der Waals surface area contributed by atoms with Gasteiger partial charge in [0, 0.05) is 31.9 Å². The van der Waals surface area contributed by atoms with Crippen LogP contribution < -0.4 is 5.32 Å².